The Morgan fingerprint density at radius 1 is 1.00 bits per heavy atom. The van der Waals surface area contributed by atoms with Gasteiger partial charge in [-0.15, -0.1) is 0 Å². The monoisotopic (exact) mass is 243 g/mol. The van der Waals surface area contributed by atoms with Gasteiger partial charge in [-0.3, -0.25) is 9.59 Å². The molecule has 0 saturated carbocycles. The zero-order valence-electron chi connectivity index (χ0n) is 10.4. The smallest absolute Gasteiger partial charge is 0.253 e. The number of benzene rings is 1. The maximum absolute atomic E-state index is 12.3. The van der Waals surface area contributed by atoms with Crippen molar-refractivity contribution >= 4 is 11.7 Å². The maximum Gasteiger partial charge on any atom is 0.253 e. The normalized spacial score (nSPS) is 18.9. The third kappa shape index (κ3) is 2.05. The molecule has 1 aliphatic heterocycles. The first-order chi connectivity index (χ1) is 8.74. The number of fused-ring (bicyclic) bond motifs is 1. The molecule has 18 heavy (non-hydrogen) atoms. The summed E-state index contributed by atoms with van der Waals surface area (Å²) in [4.78, 5) is 25.3. The summed E-state index contributed by atoms with van der Waals surface area (Å²) in [5.74, 6) is 0.352. The highest BCUT2D eigenvalue weighted by Crippen LogP contribution is 2.23. The minimum absolute atomic E-state index is 0.0807. The Bertz CT molecular complexity index is 497. The predicted molar refractivity (Wildman–Crippen MR) is 68.6 cm³/mol. The van der Waals surface area contributed by atoms with Crippen LogP contribution in [0.1, 0.15) is 40.7 Å². The van der Waals surface area contributed by atoms with Gasteiger partial charge in [0.1, 0.15) is 5.78 Å². The van der Waals surface area contributed by atoms with Gasteiger partial charge in [0.2, 0.25) is 0 Å². The highest BCUT2D eigenvalue weighted by Gasteiger charge is 2.22. The van der Waals surface area contributed by atoms with E-state index in [4.69, 9.17) is 0 Å². The van der Waals surface area contributed by atoms with Crippen molar-refractivity contribution in [2.75, 3.05) is 13.1 Å². The first-order valence-corrected chi connectivity index (χ1v) is 6.67. The molecule has 1 aliphatic carbocycles. The molecule has 1 amide bonds. The van der Waals surface area contributed by atoms with E-state index in [2.05, 4.69) is 6.07 Å². The van der Waals surface area contributed by atoms with Crippen molar-refractivity contribution in [1.29, 1.82) is 0 Å². The Kier molecular flexibility index (Phi) is 2.90. The molecule has 0 atom stereocenters. The first kappa shape index (κ1) is 11.5. The number of carbonyl (C=O) groups is 2. The molecular weight excluding hydrogens is 226 g/mol. The van der Waals surface area contributed by atoms with Gasteiger partial charge in [0, 0.05) is 31.5 Å². The van der Waals surface area contributed by atoms with Crippen LogP contribution in [-0.2, 0) is 17.6 Å². The fourth-order valence-corrected chi connectivity index (χ4v) is 2.85. The molecule has 94 valence electrons. The van der Waals surface area contributed by atoms with E-state index in [1.807, 2.05) is 12.1 Å². The summed E-state index contributed by atoms with van der Waals surface area (Å²) in [5.41, 5.74) is 3.50. The zero-order chi connectivity index (χ0) is 12.5. The van der Waals surface area contributed by atoms with Crippen molar-refractivity contribution in [3.05, 3.63) is 34.9 Å². The lowest BCUT2D eigenvalue weighted by Crippen LogP contribution is -2.38. The molecule has 0 aromatic heterocycles. The molecule has 0 unspecified atom stereocenters. The lowest BCUT2D eigenvalue weighted by Gasteiger charge is -2.26. The molecule has 0 radical (unpaired) electrons. The van der Waals surface area contributed by atoms with E-state index in [1.165, 1.54) is 17.5 Å². The topological polar surface area (TPSA) is 37.4 Å². The van der Waals surface area contributed by atoms with Gasteiger partial charge in [0.15, 0.2) is 0 Å². The van der Waals surface area contributed by atoms with Crippen LogP contribution in [0.2, 0.25) is 0 Å². The second kappa shape index (κ2) is 4.56. The number of hydrogen-bond acceptors (Lipinski definition) is 2. The molecule has 1 fully saturated rings. The summed E-state index contributed by atoms with van der Waals surface area (Å²) in [5, 5.41) is 0. The van der Waals surface area contributed by atoms with Gasteiger partial charge < -0.3 is 4.90 Å². The van der Waals surface area contributed by atoms with E-state index in [9.17, 15) is 9.59 Å². The van der Waals surface area contributed by atoms with Crippen LogP contribution in [0.5, 0.6) is 0 Å². The van der Waals surface area contributed by atoms with Gasteiger partial charge in [0.05, 0.1) is 0 Å². The molecular formula is C15H17NO2. The Morgan fingerprint density at radius 3 is 2.50 bits per heavy atom. The molecule has 3 heteroatoms. The summed E-state index contributed by atoms with van der Waals surface area (Å²) in [6, 6.07) is 6.06. The van der Waals surface area contributed by atoms with Gasteiger partial charge in [-0.1, -0.05) is 6.07 Å². The van der Waals surface area contributed by atoms with Crippen LogP contribution in [0.15, 0.2) is 18.2 Å². The molecule has 1 aromatic rings. The van der Waals surface area contributed by atoms with Crippen LogP contribution in [0.25, 0.3) is 0 Å². The van der Waals surface area contributed by atoms with Crippen molar-refractivity contribution in [3.8, 4) is 0 Å². The lowest BCUT2D eigenvalue weighted by atomic mass is 10.0. The first-order valence-electron chi connectivity index (χ1n) is 6.67. The number of likely N-dealkylation sites (tertiary alicyclic amines) is 1. The molecule has 3 nitrogen and oxygen atoms in total. The fraction of sp³-hybridized carbons (Fsp3) is 0.467. The Balaban J connectivity index is 1.78. The highest BCUT2D eigenvalue weighted by molar-refractivity contribution is 5.95. The van der Waals surface area contributed by atoms with Crippen molar-refractivity contribution in [1.82, 2.24) is 4.90 Å². The molecule has 0 bridgehead atoms. The second-order valence-corrected chi connectivity index (χ2v) is 5.17. The number of hydrogen-bond donors (Lipinski definition) is 0. The molecule has 0 N–H and O–H groups in total. The SMILES string of the molecule is O=C1CCN(C(=O)c2ccc3c(c2)CCC3)CC1. The lowest BCUT2D eigenvalue weighted by molar-refractivity contribution is -0.120. The number of nitrogens with zero attached hydrogens (tertiary/aromatic N) is 1. The Morgan fingerprint density at radius 2 is 1.72 bits per heavy atom. The number of amides is 1. The van der Waals surface area contributed by atoms with Gasteiger partial charge in [0.25, 0.3) is 5.91 Å². The summed E-state index contributed by atoms with van der Waals surface area (Å²) in [6.07, 6.45) is 4.45. The average molecular weight is 243 g/mol. The third-order valence-electron chi connectivity index (χ3n) is 3.95. The van der Waals surface area contributed by atoms with E-state index in [0.717, 1.165) is 18.4 Å². The molecule has 0 spiro atoms. The van der Waals surface area contributed by atoms with Gasteiger partial charge >= 0.3 is 0 Å². The van der Waals surface area contributed by atoms with Crippen molar-refractivity contribution in [2.45, 2.75) is 32.1 Å². The Labute approximate surface area is 107 Å². The molecule has 1 saturated heterocycles. The quantitative estimate of drug-likeness (QED) is 0.756. The largest absolute Gasteiger partial charge is 0.338 e. The summed E-state index contributed by atoms with van der Waals surface area (Å²) >= 11 is 0. The van der Waals surface area contributed by atoms with Crippen molar-refractivity contribution < 1.29 is 9.59 Å². The standard InChI is InChI=1S/C15H17NO2/c17-14-6-8-16(9-7-14)15(18)13-5-4-11-2-1-3-12(11)10-13/h4-5,10H,1-3,6-9H2. The van der Waals surface area contributed by atoms with Gasteiger partial charge in [-0.25, -0.2) is 0 Å². The van der Waals surface area contributed by atoms with E-state index < -0.39 is 0 Å². The van der Waals surface area contributed by atoms with E-state index >= 15 is 0 Å². The van der Waals surface area contributed by atoms with Crippen LogP contribution in [0.4, 0.5) is 0 Å². The number of rotatable bonds is 1. The predicted octanol–water partition coefficient (Wildman–Crippen LogP) is 1.98. The van der Waals surface area contributed by atoms with E-state index in [1.54, 1.807) is 4.90 Å². The minimum atomic E-state index is 0.0807. The molecule has 1 aromatic carbocycles. The van der Waals surface area contributed by atoms with Gasteiger partial charge in [-0.2, -0.15) is 0 Å². The summed E-state index contributed by atoms with van der Waals surface area (Å²) < 4.78 is 0. The van der Waals surface area contributed by atoms with Crippen molar-refractivity contribution in [2.24, 2.45) is 0 Å². The van der Waals surface area contributed by atoms with Gasteiger partial charge in [-0.05, 0) is 42.5 Å². The molecule has 2 aliphatic rings. The van der Waals surface area contributed by atoms with Crippen LogP contribution in [-0.4, -0.2) is 29.7 Å². The Hall–Kier alpha value is -1.64. The van der Waals surface area contributed by atoms with E-state index in [0.29, 0.717) is 25.9 Å². The molecule has 1 heterocycles. The van der Waals surface area contributed by atoms with Crippen LogP contribution in [0, 0.1) is 0 Å². The zero-order valence-corrected chi connectivity index (χ0v) is 10.4. The fourth-order valence-electron chi connectivity index (χ4n) is 2.85. The number of carbonyl (C=O) groups excluding carboxylic acids is 2. The van der Waals surface area contributed by atoms with E-state index in [-0.39, 0.29) is 11.7 Å². The van der Waals surface area contributed by atoms with Crippen LogP contribution < -0.4 is 0 Å². The van der Waals surface area contributed by atoms with Crippen LogP contribution in [0.3, 0.4) is 0 Å². The minimum Gasteiger partial charge on any atom is -0.338 e. The molecule has 3 rings (SSSR count). The summed E-state index contributed by atoms with van der Waals surface area (Å²) in [7, 11) is 0. The summed E-state index contributed by atoms with van der Waals surface area (Å²) in [6.45, 7) is 1.16. The number of Topliss-reactive ketones (excluding diaryl/α,β-unsaturated/α-hetero) is 1. The number of piperidine rings is 1. The number of ketones is 1. The maximum atomic E-state index is 12.3. The highest BCUT2D eigenvalue weighted by atomic mass is 16.2. The second-order valence-electron chi connectivity index (χ2n) is 5.17. The third-order valence-corrected chi connectivity index (χ3v) is 3.95. The van der Waals surface area contributed by atoms with Crippen molar-refractivity contribution in [3.63, 3.8) is 0 Å². The average Bonchev–Trinajstić information content (AvgIpc) is 2.86. The number of aryl methyl sites for hydroxylation is 2. The van der Waals surface area contributed by atoms with Crippen LogP contribution >= 0.6 is 0 Å².